The van der Waals surface area contributed by atoms with E-state index in [-0.39, 0.29) is 17.6 Å². The lowest BCUT2D eigenvalue weighted by molar-refractivity contribution is 0.0910. The zero-order chi connectivity index (χ0) is 16.1. The number of hydrogen-bond donors (Lipinski definition) is 2. The maximum Gasteiger partial charge on any atom is 0.287 e. The van der Waals surface area contributed by atoms with E-state index in [1.807, 2.05) is 12.1 Å². The van der Waals surface area contributed by atoms with Crippen LogP contribution in [0.1, 0.15) is 44.9 Å². The molecule has 0 unspecified atom stereocenters. The van der Waals surface area contributed by atoms with E-state index in [4.69, 9.17) is 4.42 Å². The van der Waals surface area contributed by atoms with Crippen molar-refractivity contribution in [2.75, 3.05) is 13.1 Å². The van der Waals surface area contributed by atoms with Crippen molar-refractivity contribution in [2.45, 2.75) is 25.7 Å². The molecule has 0 saturated heterocycles. The fourth-order valence-corrected chi connectivity index (χ4v) is 2.82. The van der Waals surface area contributed by atoms with Crippen LogP contribution in [0.2, 0.25) is 0 Å². The van der Waals surface area contributed by atoms with Crippen molar-refractivity contribution >= 4 is 11.8 Å². The normalized spacial score (nSPS) is 13.2. The number of furan rings is 1. The van der Waals surface area contributed by atoms with Crippen LogP contribution in [0, 0.1) is 0 Å². The molecule has 0 fully saturated rings. The summed E-state index contributed by atoms with van der Waals surface area (Å²) in [5.74, 6) is -0.116. The van der Waals surface area contributed by atoms with Crippen molar-refractivity contribution in [3.05, 3.63) is 59.0 Å². The minimum absolute atomic E-state index is 0.106. The van der Waals surface area contributed by atoms with Gasteiger partial charge in [-0.2, -0.15) is 0 Å². The van der Waals surface area contributed by atoms with E-state index in [0.717, 1.165) is 12.8 Å². The average Bonchev–Trinajstić information content (AvgIpc) is 3.12. The Morgan fingerprint density at radius 3 is 2.43 bits per heavy atom. The highest BCUT2D eigenvalue weighted by atomic mass is 16.3. The van der Waals surface area contributed by atoms with Gasteiger partial charge in [0.1, 0.15) is 0 Å². The third-order valence-corrected chi connectivity index (χ3v) is 4.05. The molecule has 2 aromatic rings. The first-order valence-corrected chi connectivity index (χ1v) is 7.96. The molecule has 5 nitrogen and oxygen atoms in total. The van der Waals surface area contributed by atoms with Crippen LogP contribution in [0.3, 0.4) is 0 Å². The number of nitrogens with one attached hydrogen (secondary N) is 2. The molecule has 0 radical (unpaired) electrons. The van der Waals surface area contributed by atoms with Crippen LogP contribution in [0.5, 0.6) is 0 Å². The molecular formula is C18H20N2O3. The Hall–Kier alpha value is -2.56. The summed E-state index contributed by atoms with van der Waals surface area (Å²) in [5.41, 5.74) is 3.33. The van der Waals surface area contributed by atoms with Gasteiger partial charge in [-0.1, -0.05) is 6.07 Å². The Balaban J connectivity index is 1.47. The fraction of sp³-hybridized carbons (Fsp3) is 0.333. The predicted molar refractivity (Wildman–Crippen MR) is 86.5 cm³/mol. The lowest BCUT2D eigenvalue weighted by Crippen LogP contribution is -2.34. The molecule has 120 valence electrons. The fourth-order valence-electron chi connectivity index (χ4n) is 2.82. The monoisotopic (exact) mass is 312 g/mol. The van der Waals surface area contributed by atoms with E-state index >= 15 is 0 Å². The van der Waals surface area contributed by atoms with Crippen LogP contribution in [0.25, 0.3) is 0 Å². The molecule has 0 atom stereocenters. The largest absolute Gasteiger partial charge is 0.459 e. The summed E-state index contributed by atoms with van der Waals surface area (Å²) in [4.78, 5) is 23.8. The van der Waals surface area contributed by atoms with Crippen LogP contribution >= 0.6 is 0 Å². The van der Waals surface area contributed by atoms with E-state index in [1.165, 1.54) is 30.2 Å². The van der Waals surface area contributed by atoms with Crippen LogP contribution in [0.15, 0.2) is 41.0 Å². The van der Waals surface area contributed by atoms with Gasteiger partial charge in [0.25, 0.3) is 11.8 Å². The first kappa shape index (κ1) is 15.3. The molecule has 1 heterocycles. The lowest BCUT2D eigenvalue weighted by atomic mass is 9.90. The zero-order valence-electron chi connectivity index (χ0n) is 12.9. The summed E-state index contributed by atoms with van der Waals surface area (Å²) in [7, 11) is 0. The average molecular weight is 312 g/mol. The Morgan fingerprint density at radius 2 is 1.70 bits per heavy atom. The highest BCUT2D eigenvalue weighted by molar-refractivity contribution is 5.94. The van der Waals surface area contributed by atoms with E-state index in [9.17, 15) is 9.59 Å². The highest BCUT2D eigenvalue weighted by Crippen LogP contribution is 2.22. The number of amides is 2. The van der Waals surface area contributed by atoms with Crippen LogP contribution < -0.4 is 10.6 Å². The van der Waals surface area contributed by atoms with Gasteiger partial charge in [-0.25, -0.2) is 0 Å². The van der Waals surface area contributed by atoms with Gasteiger partial charge < -0.3 is 15.1 Å². The van der Waals surface area contributed by atoms with Crippen LogP contribution in [-0.4, -0.2) is 24.9 Å². The summed E-state index contributed by atoms with van der Waals surface area (Å²) in [5, 5.41) is 5.52. The van der Waals surface area contributed by atoms with E-state index in [1.54, 1.807) is 12.1 Å². The third kappa shape index (κ3) is 3.80. The SMILES string of the molecule is O=C(NCCNC(=O)c1ccco1)c1ccc2c(c1)CCCC2. The Labute approximate surface area is 135 Å². The molecule has 0 spiro atoms. The van der Waals surface area contributed by atoms with Gasteiger partial charge in [-0.15, -0.1) is 0 Å². The summed E-state index contributed by atoms with van der Waals surface area (Å²) in [6.45, 7) is 0.735. The molecule has 0 bridgehead atoms. The summed E-state index contributed by atoms with van der Waals surface area (Å²) in [6, 6.07) is 9.18. The number of carbonyl (C=O) groups is 2. The molecule has 1 aliphatic carbocycles. The van der Waals surface area contributed by atoms with Gasteiger partial charge >= 0.3 is 0 Å². The maximum absolute atomic E-state index is 12.2. The molecule has 2 N–H and O–H groups in total. The molecule has 1 aromatic carbocycles. The Bertz CT molecular complexity index is 692. The van der Waals surface area contributed by atoms with Crippen LogP contribution in [0.4, 0.5) is 0 Å². The van der Waals surface area contributed by atoms with Gasteiger partial charge in [0.05, 0.1) is 6.26 Å². The van der Waals surface area contributed by atoms with Crippen molar-refractivity contribution in [2.24, 2.45) is 0 Å². The van der Waals surface area contributed by atoms with Gasteiger partial charge in [0.15, 0.2) is 5.76 Å². The number of carbonyl (C=O) groups excluding carboxylic acids is 2. The minimum atomic E-state index is -0.280. The topological polar surface area (TPSA) is 71.3 Å². The van der Waals surface area contributed by atoms with Crippen molar-refractivity contribution in [3.8, 4) is 0 Å². The molecule has 23 heavy (non-hydrogen) atoms. The number of hydrogen-bond acceptors (Lipinski definition) is 3. The summed E-state index contributed by atoms with van der Waals surface area (Å²) in [6.07, 6.45) is 6.03. The van der Waals surface area contributed by atoms with Crippen molar-refractivity contribution in [3.63, 3.8) is 0 Å². The first-order chi connectivity index (χ1) is 11.2. The summed E-state index contributed by atoms with van der Waals surface area (Å²) < 4.78 is 5.00. The van der Waals surface area contributed by atoms with Crippen molar-refractivity contribution in [1.82, 2.24) is 10.6 Å². The second kappa shape index (κ2) is 7.13. The van der Waals surface area contributed by atoms with Crippen LogP contribution in [-0.2, 0) is 12.8 Å². The second-order valence-corrected chi connectivity index (χ2v) is 5.68. The quantitative estimate of drug-likeness (QED) is 0.832. The van der Waals surface area contributed by atoms with E-state index in [0.29, 0.717) is 18.7 Å². The third-order valence-electron chi connectivity index (χ3n) is 4.05. The van der Waals surface area contributed by atoms with Gasteiger partial charge in [-0.3, -0.25) is 9.59 Å². The smallest absolute Gasteiger partial charge is 0.287 e. The molecule has 0 aliphatic heterocycles. The second-order valence-electron chi connectivity index (χ2n) is 5.68. The Kier molecular flexibility index (Phi) is 4.76. The number of fused-ring (bicyclic) bond motifs is 1. The molecule has 5 heteroatoms. The molecule has 0 saturated carbocycles. The van der Waals surface area contributed by atoms with Crippen molar-refractivity contribution < 1.29 is 14.0 Å². The number of aryl methyl sites for hydroxylation is 2. The molecule has 3 rings (SSSR count). The van der Waals surface area contributed by atoms with Gasteiger partial charge in [0.2, 0.25) is 0 Å². The molecular weight excluding hydrogens is 292 g/mol. The lowest BCUT2D eigenvalue weighted by Gasteiger charge is -2.16. The van der Waals surface area contributed by atoms with Gasteiger partial charge in [-0.05, 0) is 61.1 Å². The molecule has 1 aliphatic rings. The zero-order valence-corrected chi connectivity index (χ0v) is 12.9. The maximum atomic E-state index is 12.2. The van der Waals surface area contributed by atoms with Gasteiger partial charge in [0, 0.05) is 18.7 Å². The Morgan fingerprint density at radius 1 is 0.957 bits per heavy atom. The molecule has 2 amide bonds. The van der Waals surface area contributed by atoms with E-state index < -0.39 is 0 Å². The number of rotatable bonds is 5. The number of benzene rings is 1. The summed E-state index contributed by atoms with van der Waals surface area (Å²) >= 11 is 0. The molecule has 1 aromatic heterocycles. The predicted octanol–water partition coefficient (Wildman–Crippen LogP) is 2.32. The minimum Gasteiger partial charge on any atom is -0.459 e. The standard InChI is InChI=1S/C18H20N2O3/c21-17(15-8-7-13-4-1-2-5-14(13)12-15)19-9-10-20-18(22)16-6-3-11-23-16/h3,6-8,11-12H,1-2,4-5,9-10H2,(H,19,21)(H,20,22). The highest BCUT2D eigenvalue weighted by Gasteiger charge is 2.13. The van der Waals surface area contributed by atoms with Crippen molar-refractivity contribution in [1.29, 1.82) is 0 Å². The van der Waals surface area contributed by atoms with E-state index in [2.05, 4.69) is 16.7 Å². The first-order valence-electron chi connectivity index (χ1n) is 7.96.